The van der Waals surface area contributed by atoms with E-state index in [4.69, 9.17) is 0 Å². The molecule has 0 saturated carbocycles. The molecule has 0 radical (unpaired) electrons. The zero-order valence-electron chi connectivity index (χ0n) is 9.40. The number of hydrogen-bond acceptors (Lipinski definition) is 2. The SMILES string of the molecule is CC(C)S(=O)(=O)C(c1ccccc1)C(F)(F)F. The van der Waals surface area contributed by atoms with E-state index in [2.05, 4.69) is 0 Å². The summed E-state index contributed by atoms with van der Waals surface area (Å²) < 4.78 is 62.2. The van der Waals surface area contributed by atoms with Crippen molar-refractivity contribution in [3.05, 3.63) is 35.9 Å². The molecule has 0 aromatic heterocycles. The van der Waals surface area contributed by atoms with Gasteiger partial charge in [0, 0.05) is 0 Å². The van der Waals surface area contributed by atoms with Crippen LogP contribution in [0.25, 0.3) is 0 Å². The van der Waals surface area contributed by atoms with Crippen molar-refractivity contribution in [3.63, 3.8) is 0 Å². The molecule has 0 heterocycles. The molecule has 1 atom stereocenters. The van der Waals surface area contributed by atoms with Crippen LogP contribution in [0.2, 0.25) is 0 Å². The Morgan fingerprint density at radius 2 is 1.53 bits per heavy atom. The van der Waals surface area contributed by atoms with E-state index in [-0.39, 0.29) is 5.56 Å². The molecule has 1 aromatic carbocycles. The number of alkyl halides is 3. The molecule has 0 aliphatic rings. The lowest BCUT2D eigenvalue weighted by Crippen LogP contribution is -2.33. The Balaban J connectivity index is 3.35. The van der Waals surface area contributed by atoms with Gasteiger partial charge in [0.1, 0.15) is 0 Å². The standard InChI is InChI=1S/C11H13F3O2S/c1-8(2)17(15,16)10(11(12,13)14)9-6-4-3-5-7-9/h3-8,10H,1-2H3. The number of rotatable bonds is 3. The van der Waals surface area contributed by atoms with Crippen LogP contribution in [0.4, 0.5) is 13.2 Å². The monoisotopic (exact) mass is 266 g/mol. The van der Waals surface area contributed by atoms with Crippen molar-refractivity contribution in [2.24, 2.45) is 0 Å². The van der Waals surface area contributed by atoms with Crippen molar-refractivity contribution in [3.8, 4) is 0 Å². The summed E-state index contributed by atoms with van der Waals surface area (Å²) in [7, 11) is -4.27. The van der Waals surface area contributed by atoms with E-state index in [0.717, 1.165) is 0 Å². The summed E-state index contributed by atoms with van der Waals surface area (Å²) in [5.41, 5.74) is -0.242. The first kappa shape index (κ1) is 14.0. The van der Waals surface area contributed by atoms with Crippen LogP contribution in [-0.4, -0.2) is 19.8 Å². The molecule has 0 aliphatic heterocycles. The minimum atomic E-state index is -4.80. The fourth-order valence-electron chi connectivity index (χ4n) is 1.46. The second kappa shape index (κ2) is 4.68. The molecule has 96 valence electrons. The van der Waals surface area contributed by atoms with Crippen LogP contribution in [0, 0.1) is 0 Å². The molecule has 17 heavy (non-hydrogen) atoms. The van der Waals surface area contributed by atoms with E-state index in [9.17, 15) is 21.6 Å². The van der Waals surface area contributed by atoms with Crippen molar-refractivity contribution in [2.45, 2.75) is 30.5 Å². The molecule has 6 heteroatoms. The maximum atomic E-state index is 12.9. The first-order valence-electron chi connectivity index (χ1n) is 5.01. The predicted molar refractivity (Wildman–Crippen MR) is 59.3 cm³/mol. The summed E-state index contributed by atoms with van der Waals surface area (Å²) in [5, 5.41) is -3.52. The molecular formula is C11H13F3O2S. The van der Waals surface area contributed by atoms with Gasteiger partial charge in [-0.1, -0.05) is 30.3 Å². The first-order valence-corrected chi connectivity index (χ1v) is 6.62. The molecule has 0 bridgehead atoms. The average molecular weight is 266 g/mol. The molecule has 0 N–H and O–H groups in total. The summed E-state index contributed by atoms with van der Waals surface area (Å²) in [4.78, 5) is 0. The number of benzene rings is 1. The highest BCUT2D eigenvalue weighted by atomic mass is 32.2. The molecule has 0 spiro atoms. The van der Waals surface area contributed by atoms with Crippen molar-refractivity contribution < 1.29 is 21.6 Å². The topological polar surface area (TPSA) is 34.1 Å². The van der Waals surface area contributed by atoms with E-state index >= 15 is 0 Å². The molecule has 1 rings (SSSR count). The highest BCUT2D eigenvalue weighted by molar-refractivity contribution is 7.92. The third-order valence-electron chi connectivity index (χ3n) is 2.39. The highest BCUT2D eigenvalue weighted by Crippen LogP contribution is 2.40. The molecule has 1 unspecified atom stereocenters. The minimum absolute atomic E-state index is 0.242. The molecule has 0 fully saturated rings. The van der Waals surface area contributed by atoms with Gasteiger partial charge in [0.15, 0.2) is 15.1 Å². The second-order valence-corrected chi connectivity index (χ2v) is 6.56. The van der Waals surface area contributed by atoms with E-state index < -0.39 is 26.5 Å². The summed E-state index contributed by atoms with van der Waals surface area (Å²) in [6.45, 7) is 2.49. The number of sulfone groups is 1. The van der Waals surface area contributed by atoms with Gasteiger partial charge < -0.3 is 0 Å². The maximum Gasteiger partial charge on any atom is 0.409 e. The fourth-order valence-corrected chi connectivity index (χ4v) is 2.92. The van der Waals surface area contributed by atoms with Crippen LogP contribution < -0.4 is 0 Å². The fraction of sp³-hybridized carbons (Fsp3) is 0.455. The highest BCUT2D eigenvalue weighted by Gasteiger charge is 2.50. The Bertz CT molecular complexity index is 463. The summed E-state index contributed by atoms with van der Waals surface area (Å²) in [6, 6.07) is 6.68. The molecule has 2 nitrogen and oxygen atoms in total. The Hall–Kier alpha value is -1.04. The van der Waals surface area contributed by atoms with Crippen LogP contribution in [0.5, 0.6) is 0 Å². The first-order chi connectivity index (χ1) is 7.67. The zero-order chi connectivity index (χ0) is 13.3. The minimum Gasteiger partial charge on any atom is -0.228 e. The van der Waals surface area contributed by atoms with E-state index in [1.54, 1.807) is 6.07 Å². The normalized spacial score (nSPS) is 14.9. The number of halogens is 3. The van der Waals surface area contributed by atoms with Gasteiger partial charge >= 0.3 is 6.18 Å². The van der Waals surface area contributed by atoms with Gasteiger partial charge in [-0.15, -0.1) is 0 Å². The Morgan fingerprint density at radius 3 is 1.88 bits per heavy atom. The Kier molecular flexibility index (Phi) is 3.86. The molecular weight excluding hydrogens is 253 g/mol. The van der Waals surface area contributed by atoms with Crippen LogP contribution in [-0.2, 0) is 9.84 Å². The van der Waals surface area contributed by atoms with Gasteiger partial charge in [0.05, 0.1) is 5.25 Å². The van der Waals surface area contributed by atoms with Gasteiger partial charge in [-0.3, -0.25) is 0 Å². The zero-order valence-corrected chi connectivity index (χ0v) is 10.2. The number of hydrogen-bond donors (Lipinski definition) is 0. The van der Waals surface area contributed by atoms with Gasteiger partial charge in [-0.25, -0.2) is 8.42 Å². The maximum absolute atomic E-state index is 12.9. The molecule has 0 aliphatic carbocycles. The van der Waals surface area contributed by atoms with Crippen LogP contribution in [0.15, 0.2) is 30.3 Å². The van der Waals surface area contributed by atoms with Gasteiger partial charge in [0.2, 0.25) is 0 Å². The molecule has 0 amide bonds. The second-order valence-electron chi connectivity index (χ2n) is 3.97. The predicted octanol–water partition coefficient (Wildman–Crippen LogP) is 3.11. The van der Waals surface area contributed by atoms with Crippen LogP contribution in [0.3, 0.4) is 0 Å². The summed E-state index contributed by atoms with van der Waals surface area (Å²) >= 11 is 0. The Morgan fingerprint density at radius 1 is 1.06 bits per heavy atom. The van der Waals surface area contributed by atoms with E-state index in [1.807, 2.05) is 0 Å². The van der Waals surface area contributed by atoms with E-state index in [0.29, 0.717) is 0 Å². The largest absolute Gasteiger partial charge is 0.409 e. The van der Waals surface area contributed by atoms with E-state index in [1.165, 1.54) is 38.1 Å². The van der Waals surface area contributed by atoms with Crippen LogP contribution >= 0.6 is 0 Å². The van der Waals surface area contributed by atoms with Crippen molar-refractivity contribution in [1.29, 1.82) is 0 Å². The smallest absolute Gasteiger partial charge is 0.228 e. The lowest BCUT2D eigenvalue weighted by molar-refractivity contribution is -0.131. The van der Waals surface area contributed by atoms with Gasteiger partial charge in [0.25, 0.3) is 0 Å². The summed E-state index contributed by atoms with van der Waals surface area (Å²) in [6.07, 6.45) is -4.80. The van der Waals surface area contributed by atoms with Gasteiger partial charge in [-0.2, -0.15) is 13.2 Å². The molecule has 1 aromatic rings. The van der Waals surface area contributed by atoms with Crippen molar-refractivity contribution in [2.75, 3.05) is 0 Å². The van der Waals surface area contributed by atoms with Crippen molar-refractivity contribution in [1.82, 2.24) is 0 Å². The quantitative estimate of drug-likeness (QED) is 0.842. The lowest BCUT2D eigenvalue weighted by atomic mass is 10.1. The molecule has 0 saturated heterocycles. The van der Waals surface area contributed by atoms with Crippen LogP contribution in [0.1, 0.15) is 24.7 Å². The Labute approximate surface area is 98.4 Å². The third-order valence-corrected chi connectivity index (χ3v) is 4.90. The third kappa shape index (κ3) is 3.00. The van der Waals surface area contributed by atoms with Crippen molar-refractivity contribution >= 4 is 9.84 Å². The summed E-state index contributed by atoms with van der Waals surface area (Å²) in [5.74, 6) is 0. The average Bonchev–Trinajstić information content (AvgIpc) is 2.16. The lowest BCUT2D eigenvalue weighted by Gasteiger charge is -2.22. The van der Waals surface area contributed by atoms with Gasteiger partial charge in [-0.05, 0) is 19.4 Å².